The number of anilines is 1. The Morgan fingerprint density at radius 3 is 2.59 bits per heavy atom. The zero-order chi connectivity index (χ0) is 23.1. The van der Waals surface area contributed by atoms with Crippen LogP contribution in [0.25, 0.3) is 11.1 Å². The van der Waals surface area contributed by atoms with Crippen LogP contribution < -0.4 is 10.6 Å². The lowest BCUT2D eigenvalue weighted by molar-refractivity contribution is -0.143. The molecule has 0 spiro atoms. The predicted molar refractivity (Wildman–Crippen MR) is 119 cm³/mol. The number of hydrogen-bond acceptors (Lipinski definition) is 8. The first-order chi connectivity index (χ1) is 15.3. The number of hydrogen-bond donors (Lipinski definition) is 2. The molecule has 0 radical (unpaired) electrons. The number of benzene rings is 1. The normalized spacial score (nSPS) is 13.8. The maximum absolute atomic E-state index is 14.9. The van der Waals surface area contributed by atoms with Crippen molar-refractivity contribution in [1.29, 1.82) is 5.41 Å². The summed E-state index contributed by atoms with van der Waals surface area (Å²) in [4.78, 5) is 27.8. The van der Waals surface area contributed by atoms with E-state index in [1.165, 1.54) is 6.07 Å². The van der Waals surface area contributed by atoms with Gasteiger partial charge in [-0.25, -0.2) is 14.4 Å². The van der Waals surface area contributed by atoms with E-state index in [0.29, 0.717) is 17.1 Å². The summed E-state index contributed by atoms with van der Waals surface area (Å²) in [7, 11) is 0. The van der Waals surface area contributed by atoms with Gasteiger partial charge in [0, 0.05) is 55.0 Å². The van der Waals surface area contributed by atoms with Crippen LogP contribution in [-0.2, 0) is 21.0 Å². The zero-order valence-electron chi connectivity index (χ0n) is 18.2. The van der Waals surface area contributed by atoms with Crippen molar-refractivity contribution in [2.75, 3.05) is 18.0 Å². The predicted octanol–water partition coefficient (Wildman–Crippen LogP) is 3.03. The number of piperidine rings is 1. The van der Waals surface area contributed by atoms with Gasteiger partial charge < -0.3 is 20.2 Å². The first-order valence-corrected chi connectivity index (χ1v) is 10.4. The first kappa shape index (κ1) is 23.1. The van der Waals surface area contributed by atoms with Gasteiger partial charge in [0.15, 0.2) is 0 Å². The standard InChI is InChI=1S/C22H27FN6O3/c1-14(2)32-28-17-6-8-29(9-7-17)22-26-11-16(12-27-22)18-5-3-4-15(21(18)23)13-31-20(30)10-19(24)25/h3-5,11-12,14H,6-10,13H2,1-2H3,(H3,24,25). The number of aromatic nitrogens is 2. The van der Waals surface area contributed by atoms with E-state index in [-0.39, 0.29) is 30.5 Å². The van der Waals surface area contributed by atoms with Crippen molar-refractivity contribution < 1.29 is 18.8 Å². The Morgan fingerprint density at radius 2 is 1.97 bits per heavy atom. The monoisotopic (exact) mass is 442 g/mol. The van der Waals surface area contributed by atoms with Gasteiger partial charge in [-0.05, 0) is 13.8 Å². The molecule has 0 unspecified atom stereocenters. The Labute approximate surface area is 185 Å². The van der Waals surface area contributed by atoms with E-state index in [1.807, 2.05) is 13.8 Å². The van der Waals surface area contributed by atoms with Crippen LogP contribution in [0.1, 0.15) is 38.7 Å². The molecule has 9 nitrogen and oxygen atoms in total. The highest BCUT2D eigenvalue weighted by Gasteiger charge is 2.19. The molecule has 3 N–H and O–H groups in total. The van der Waals surface area contributed by atoms with E-state index in [0.717, 1.165) is 31.6 Å². The maximum atomic E-state index is 14.9. The zero-order valence-corrected chi connectivity index (χ0v) is 18.2. The fourth-order valence-electron chi connectivity index (χ4n) is 3.14. The van der Waals surface area contributed by atoms with Crippen molar-refractivity contribution in [3.63, 3.8) is 0 Å². The van der Waals surface area contributed by atoms with Crippen LogP contribution in [0.15, 0.2) is 35.7 Å². The second-order valence-corrected chi connectivity index (χ2v) is 7.71. The Bertz CT molecular complexity index is 984. The number of amidine groups is 1. The van der Waals surface area contributed by atoms with Crippen molar-refractivity contribution in [2.24, 2.45) is 10.9 Å². The van der Waals surface area contributed by atoms with Crippen LogP contribution in [0, 0.1) is 11.2 Å². The fourth-order valence-corrected chi connectivity index (χ4v) is 3.14. The number of carbonyl (C=O) groups excluding carboxylic acids is 1. The van der Waals surface area contributed by atoms with E-state index in [4.69, 9.17) is 20.7 Å². The molecule has 170 valence electrons. The molecule has 32 heavy (non-hydrogen) atoms. The van der Waals surface area contributed by atoms with Gasteiger partial charge in [0.25, 0.3) is 0 Å². The Balaban J connectivity index is 1.64. The minimum Gasteiger partial charge on any atom is -0.460 e. The Kier molecular flexibility index (Phi) is 7.69. The number of halogens is 1. The number of rotatable bonds is 8. The second kappa shape index (κ2) is 10.7. The molecule has 3 rings (SSSR count). The quantitative estimate of drug-likeness (QED) is 0.278. The summed E-state index contributed by atoms with van der Waals surface area (Å²) >= 11 is 0. The minimum atomic E-state index is -0.680. The summed E-state index contributed by atoms with van der Waals surface area (Å²) < 4.78 is 19.9. The van der Waals surface area contributed by atoms with Crippen molar-refractivity contribution in [2.45, 2.75) is 45.8 Å². The smallest absolute Gasteiger partial charge is 0.313 e. The van der Waals surface area contributed by atoms with Crippen molar-refractivity contribution in [3.8, 4) is 11.1 Å². The van der Waals surface area contributed by atoms with Gasteiger partial charge in [-0.15, -0.1) is 0 Å². The molecule has 1 saturated heterocycles. The van der Waals surface area contributed by atoms with Crippen molar-refractivity contribution in [3.05, 3.63) is 42.0 Å². The number of nitrogens with two attached hydrogens (primary N) is 1. The van der Waals surface area contributed by atoms with Gasteiger partial charge in [-0.3, -0.25) is 10.2 Å². The Morgan fingerprint density at radius 1 is 1.28 bits per heavy atom. The van der Waals surface area contributed by atoms with E-state index >= 15 is 0 Å². The summed E-state index contributed by atoms with van der Waals surface area (Å²) in [5.41, 5.74) is 7.25. The molecule has 10 heteroatoms. The minimum absolute atomic E-state index is 0.0582. The highest BCUT2D eigenvalue weighted by Crippen LogP contribution is 2.26. The summed E-state index contributed by atoms with van der Waals surface area (Å²) in [6.45, 7) is 5.09. The third-order valence-electron chi connectivity index (χ3n) is 4.77. The Hall–Kier alpha value is -3.56. The number of esters is 1. The summed E-state index contributed by atoms with van der Waals surface area (Å²) in [5.74, 6) is -0.918. The van der Waals surface area contributed by atoms with E-state index < -0.39 is 11.8 Å². The molecule has 0 atom stereocenters. The third-order valence-corrected chi connectivity index (χ3v) is 4.77. The van der Waals surface area contributed by atoms with Gasteiger partial charge in [0.05, 0.1) is 5.71 Å². The topological polar surface area (TPSA) is 127 Å². The molecular formula is C22H27FN6O3. The average Bonchev–Trinajstić information content (AvgIpc) is 2.77. The molecule has 1 aliphatic rings. The van der Waals surface area contributed by atoms with Crippen molar-refractivity contribution in [1.82, 2.24) is 9.97 Å². The average molecular weight is 442 g/mol. The van der Waals surface area contributed by atoms with Crippen molar-refractivity contribution >= 4 is 23.5 Å². The summed E-state index contributed by atoms with van der Waals surface area (Å²) in [6, 6.07) is 4.82. The summed E-state index contributed by atoms with van der Waals surface area (Å²) in [5, 5.41) is 11.3. The largest absolute Gasteiger partial charge is 0.460 e. The third kappa shape index (κ3) is 6.22. The lowest BCUT2D eigenvalue weighted by atomic mass is 10.0. The van der Waals surface area contributed by atoms with Gasteiger partial charge in [-0.2, -0.15) is 0 Å². The lowest BCUT2D eigenvalue weighted by Crippen LogP contribution is -2.35. The molecule has 0 amide bonds. The highest BCUT2D eigenvalue weighted by atomic mass is 19.1. The van der Waals surface area contributed by atoms with Gasteiger partial charge >= 0.3 is 5.97 Å². The van der Waals surface area contributed by atoms with E-state index in [2.05, 4.69) is 20.0 Å². The lowest BCUT2D eigenvalue weighted by Gasteiger charge is -2.27. The molecule has 1 aromatic carbocycles. The highest BCUT2D eigenvalue weighted by molar-refractivity contribution is 5.94. The maximum Gasteiger partial charge on any atom is 0.313 e. The molecule has 0 saturated carbocycles. The molecule has 1 aliphatic heterocycles. The van der Waals surface area contributed by atoms with E-state index in [9.17, 15) is 9.18 Å². The number of ether oxygens (including phenoxy) is 1. The molecular weight excluding hydrogens is 415 g/mol. The molecule has 2 heterocycles. The van der Waals surface area contributed by atoms with E-state index in [1.54, 1.807) is 24.5 Å². The molecule has 0 bridgehead atoms. The number of oxime groups is 1. The van der Waals surface area contributed by atoms with Crippen LogP contribution in [0.4, 0.5) is 10.3 Å². The van der Waals surface area contributed by atoms with Crippen LogP contribution >= 0.6 is 0 Å². The SMILES string of the molecule is CC(C)ON=C1CCN(c2ncc(-c3cccc(COC(=O)CC(=N)N)c3F)cn2)CC1. The van der Waals surface area contributed by atoms with Gasteiger partial charge in [0.2, 0.25) is 5.95 Å². The van der Waals surface area contributed by atoms with Crippen LogP contribution in [-0.4, -0.2) is 46.7 Å². The number of nitrogens with one attached hydrogen (secondary N) is 1. The molecule has 0 aliphatic carbocycles. The van der Waals surface area contributed by atoms with Crippen LogP contribution in [0.2, 0.25) is 0 Å². The van der Waals surface area contributed by atoms with Crippen LogP contribution in [0.3, 0.4) is 0 Å². The van der Waals surface area contributed by atoms with Crippen LogP contribution in [0.5, 0.6) is 0 Å². The molecule has 2 aromatic rings. The first-order valence-electron chi connectivity index (χ1n) is 10.4. The summed E-state index contributed by atoms with van der Waals surface area (Å²) in [6.07, 6.45) is 4.44. The second-order valence-electron chi connectivity index (χ2n) is 7.71. The van der Waals surface area contributed by atoms with Gasteiger partial charge in [-0.1, -0.05) is 23.4 Å². The molecule has 1 aromatic heterocycles. The fraction of sp³-hybridized carbons (Fsp3) is 0.409. The molecule has 1 fully saturated rings. The number of carbonyl (C=O) groups is 1. The van der Waals surface area contributed by atoms with Gasteiger partial charge in [0.1, 0.15) is 30.8 Å². The number of nitrogens with zero attached hydrogens (tertiary/aromatic N) is 4.